The van der Waals surface area contributed by atoms with Crippen LogP contribution in [-0.2, 0) is 9.59 Å². The first-order chi connectivity index (χ1) is 9.79. The van der Waals surface area contributed by atoms with Crippen LogP contribution in [0.5, 0.6) is 0 Å². The summed E-state index contributed by atoms with van der Waals surface area (Å²) in [7, 11) is 0. The van der Waals surface area contributed by atoms with Crippen LogP contribution in [-0.4, -0.2) is 29.6 Å². The molecule has 1 atom stereocenters. The fourth-order valence-corrected chi connectivity index (χ4v) is 1.98. The highest BCUT2D eigenvalue weighted by Gasteiger charge is 2.15. The number of amides is 2. The standard InChI is InChI=1S/C16H24N2O3/c1-10(2)14(19)5-6-17-15(20)16(21)18-13-8-11(3)7-12(4)9-13/h7-10,14,19H,5-6H2,1-4H3,(H,17,20)(H,18,21). The van der Waals surface area contributed by atoms with Crippen molar-refractivity contribution < 1.29 is 14.7 Å². The lowest BCUT2D eigenvalue weighted by atomic mass is 10.0. The van der Waals surface area contributed by atoms with Crippen LogP contribution >= 0.6 is 0 Å². The summed E-state index contributed by atoms with van der Waals surface area (Å²) in [4.78, 5) is 23.4. The van der Waals surface area contributed by atoms with Crippen molar-refractivity contribution in [1.29, 1.82) is 0 Å². The van der Waals surface area contributed by atoms with Crippen LogP contribution in [0.3, 0.4) is 0 Å². The van der Waals surface area contributed by atoms with Gasteiger partial charge < -0.3 is 15.7 Å². The number of aliphatic hydroxyl groups is 1. The van der Waals surface area contributed by atoms with Crippen molar-refractivity contribution in [2.75, 3.05) is 11.9 Å². The second kappa shape index (κ2) is 7.78. The topological polar surface area (TPSA) is 78.4 Å². The summed E-state index contributed by atoms with van der Waals surface area (Å²) in [6.07, 6.45) is -0.0481. The van der Waals surface area contributed by atoms with Gasteiger partial charge in [0.25, 0.3) is 0 Å². The van der Waals surface area contributed by atoms with E-state index < -0.39 is 17.9 Å². The van der Waals surface area contributed by atoms with Gasteiger partial charge in [0, 0.05) is 12.2 Å². The highest BCUT2D eigenvalue weighted by atomic mass is 16.3. The van der Waals surface area contributed by atoms with Gasteiger partial charge in [-0.15, -0.1) is 0 Å². The number of carbonyl (C=O) groups is 2. The fraction of sp³-hybridized carbons (Fsp3) is 0.500. The molecule has 1 aromatic rings. The molecule has 0 aliphatic heterocycles. The molecule has 3 N–H and O–H groups in total. The Kier molecular flexibility index (Phi) is 6.37. The molecule has 0 aliphatic carbocycles. The molecule has 116 valence electrons. The number of aryl methyl sites for hydroxylation is 2. The summed E-state index contributed by atoms with van der Waals surface area (Å²) in [5, 5.41) is 14.7. The Bertz CT molecular complexity index is 492. The van der Waals surface area contributed by atoms with E-state index in [4.69, 9.17) is 0 Å². The average Bonchev–Trinajstić information content (AvgIpc) is 2.36. The van der Waals surface area contributed by atoms with Gasteiger partial charge in [-0.1, -0.05) is 19.9 Å². The van der Waals surface area contributed by atoms with E-state index in [0.29, 0.717) is 12.1 Å². The molecule has 0 bridgehead atoms. The molecule has 0 spiro atoms. The number of nitrogens with one attached hydrogen (secondary N) is 2. The number of benzene rings is 1. The Hall–Kier alpha value is -1.88. The van der Waals surface area contributed by atoms with Gasteiger partial charge in [-0.2, -0.15) is 0 Å². The van der Waals surface area contributed by atoms with E-state index in [0.717, 1.165) is 11.1 Å². The van der Waals surface area contributed by atoms with Crippen LogP contribution in [0, 0.1) is 19.8 Å². The quantitative estimate of drug-likeness (QED) is 0.724. The molecule has 2 amide bonds. The Morgan fingerprint density at radius 2 is 1.67 bits per heavy atom. The maximum absolute atomic E-state index is 11.8. The minimum atomic E-state index is -0.695. The molecule has 5 heteroatoms. The molecular weight excluding hydrogens is 268 g/mol. The van der Waals surface area contributed by atoms with E-state index in [1.165, 1.54) is 0 Å². The van der Waals surface area contributed by atoms with Gasteiger partial charge in [-0.3, -0.25) is 9.59 Å². The molecule has 0 fully saturated rings. The van der Waals surface area contributed by atoms with Crippen LogP contribution < -0.4 is 10.6 Å². The van der Waals surface area contributed by atoms with E-state index >= 15 is 0 Å². The number of aliphatic hydroxyl groups excluding tert-OH is 1. The molecule has 1 unspecified atom stereocenters. The molecule has 21 heavy (non-hydrogen) atoms. The van der Waals surface area contributed by atoms with Gasteiger partial charge in [-0.05, 0) is 49.4 Å². The predicted molar refractivity (Wildman–Crippen MR) is 83.0 cm³/mol. The van der Waals surface area contributed by atoms with E-state index in [1.54, 1.807) is 12.1 Å². The van der Waals surface area contributed by atoms with Gasteiger partial charge >= 0.3 is 11.8 Å². The monoisotopic (exact) mass is 292 g/mol. The molecule has 0 aliphatic rings. The normalized spacial score (nSPS) is 12.1. The van der Waals surface area contributed by atoms with Gasteiger partial charge in [0.05, 0.1) is 6.10 Å². The van der Waals surface area contributed by atoms with Crippen molar-refractivity contribution in [2.45, 2.75) is 40.2 Å². The third-order valence-corrected chi connectivity index (χ3v) is 3.18. The molecule has 5 nitrogen and oxygen atoms in total. The second-order valence-corrected chi connectivity index (χ2v) is 5.69. The lowest BCUT2D eigenvalue weighted by Gasteiger charge is -2.14. The lowest BCUT2D eigenvalue weighted by molar-refractivity contribution is -0.136. The number of anilines is 1. The Labute approximate surface area is 125 Å². The number of hydrogen-bond acceptors (Lipinski definition) is 3. The van der Waals surface area contributed by atoms with Crippen molar-refractivity contribution in [3.05, 3.63) is 29.3 Å². The minimum absolute atomic E-state index is 0.131. The average molecular weight is 292 g/mol. The first-order valence-electron chi connectivity index (χ1n) is 7.15. The lowest BCUT2D eigenvalue weighted by Crippen LogP contribution is -2.37. The summed E-state index contributed by atoms with van der Waals surface area (Å²) < 4.78 is 0. The van der Waals surface area contributed by atoms with Gasteiger partial charge in [0.1, 0.15) is 0 Å². The minimum Gasteiger partial charge on any atom is -0.393 e. The molecule has 0 heterocycles. The van der Waals surface area contributed by atoms with Gasteiger partial charge in [-0.25, -0.2) is 0 Å². The highest BCUT2D eigenvalue weighted by molar-refractivity contribution is 6.39. The zero-order valence-corrected chi connectivity index (χ0v) is 13.1. The van der Waals surface area contributed by atoms with Crippen molar-refractivity contribution in [3.63, 3.8) is 0 Å². The van der Waals surface area contributed by atoms with Crippen LogP contribution in [0.4, 0.5) is 5.69 Å². The largest absolute Gasteiger partial charge is 0.393 e. The van der Waals surface area contributed by atoms with E-state index in [9.17, 15) is 14.7 Å². The fourth-order valence-electron chi connectivity index (χ4n) is 1.98. The number of rotatable bonds is 5. The summed E-state index contributed by atoms with van der Waals surface area (Å²) >= 11 is 0. The summed E-state index contributed by atoms with van der Waals surface area (Å²) in [6, 6.07) is 5.60. The van der Waals surface area contributed by atoms with Crippen LogP contribution in [0.2, 0.25) is 0 Å². The van der Waals surface area contributed by atoms with Gasteiger partial charge in [0.2, 0.25) is 0 Å². The maximum Gasteiger partial charge on any atom is 0.313 e. The van der Waals surface area contributed by atoms with Crippen LogP contribution in [0.25, 0.3) is 0 Å². The summed E-state index contributed by atoms with van der Waals surface area (Å²) in [5.74, 6) is -1.25. The van der Waals surface area contributed by atoms with Gasteiger partial charge in [0.15, 0.2) is 0 Å². The van der Waals surface area contributed by atoms with E-state index in [-0.39, 0.29) is 12.5 Å². The predicted octanol–water partition coefficient (Wildman–Crippen LogP) is 1.77. The molecule has 0 saturated carbocycles. The Balaban J connectivity index is 2.46. The molecule has 0 saturated heterocycles. The highest BCUT2D eigenvalue weighted by Crippen LogP contribution is 2.13. The molecule has 0 radical (unpaired) electrons. The maximum atomic E-state index is 11.8. The van der Waals surface area contributed by atoms with E-state index in [2.05, 4.69) is 10.6 Å². The van der Waals surface area contributed by atoms with Crippen molar-refractivity contribution in [1.82, 2.24) is 5.32 Å². The summed E-state index contributed by atoms with van der Waals surface area (Å²) in [5.41, 5.74) is 2.64. The zero-order chi connectivity index (χ0) is 16.0. The Morgan fingerprint density at radius 3 is 2.19 bits per heavy atom. The van der Waals surface area contributed by atoms with Crippen LogP contribution in [0.15, 0.2) is 18.2 Å². The van der Waals surface area contributed by atoms with Crippen LogP contribution in [0.1, 0.15) is 31.4 Å². The first-order valence-corrected chi connectivity index (χ1v) is 7.15. The smallest absolute Gasteiger partial charge is 0.313 e. The number of hydrogen-bond donors (Lipinski definition) is 3. The van der Waals surface area contributed by atoms with Crippen molar-refractivity contribution in [3.8, 4) is 0 Å². The van der Waals surface area contributed by atoms with Crippen molar-refractivity contribution >= 4 is 17.5 Å². The third-order valence-electron chi connectivity index (χ3n) is 3.18. The SMILES string of the molecule is Cc1cc(C)cc(NC(=O)C(=O)NCCC(O)C(C)C)c1. The van der Waals surface area contributed by atoms with E-state index in [1.807, 2.05) is 33.8 Å². The van der Waals surface area contributed by atoms with Crippen molar-refractivity contribution in [2.24, 2.45) is 5.92 Å². The third kappa shape index (κ3) is 5.95. The molecule has 0 aromatic heterocycles. The zero-order valence-electron chi connectivity index (χ0n) is 13.1. The number of carbonyl (C=O) groups excluding carboxylic acids is 2. The molecular formula is C16H24N2O3. The molecule has 1 rings (SSSR count). The first kappa shape index (κ1) is 17.2. The molecule has 1 aromatic carbocycles. The Morgan fingerprint density at radius 1 is 1.10 bits per heavy atom. The summed E-state index contributed by atoms with van der Waals surface area (Å²) in [6.45, 7) is 7.93. The second-order valence-electron chi connectivity index (χ2n) is 5.69.